The molecule has 1 aromatic carbocycles. The quantitative estimate of drug-likeness (QED) is 0.375. The lowest BCUT2D eigenvalue weighted by molar-refractivity contribution is 0.126. The normalized spacial score (nSPS) is 12.1. The van der Waals surface area contributed by atoms with E-state index in [0.29, 0.717) is 13.2 Å². The minimum atomic E-state index is 0.417. The third-order valence-electron chi connectivity index (χ3n) is 2.33. The Labute approximate surface area is 128 Å². The summed E-state index contributed by atoms with van der Waals surface area (Å²) in [6, 6.07) is 10.0. The molecular weight excluding hydrogens is 351 g/mol. The zero-order chi connectivity index (χ0) is 13.9. The lowest BCUT2D eigenvalue weighted by atomic mass is 10.2. The molecule has 0 fully saturated rings. The number of hydrogen-bond acceptors (Lipinski definition) is 2. The van der Waals surface area contributed by atoms with Crippen molar-refractivity contribution in [1.82, 2.24) is 0 Å². The van der Waals surface area contributed by atoms with Gasteiger partial charge in [-0.1, -0.05) is 61.7 Å². The van der Waals surface area contributed by atoms with Crippen LogP contribution >= 0.6 is 23.0 Å². The Morgan fingerprint density at radius 3 is 2.53 bits per heavy atom. The van der Waals surface area contributed by atoms with Gasteiger partial charge in [0.15, 0.2) is 23.0 Å². The predicted octanol–water partition coefficient (Wildman–Crippen LogP) is 4.75. The summed E-state index contributed by atoms with van der Waals surface area (Å²) in [5.74, 6) is 0.740. The van der Waals surface area contributed by atoms with Gasteiger partial charge in [-0.05, 0) is 17.2 Å². The highest BCUT2D eigenvalue weighted by Gasteiger charge is 2.00. The third kappa shape index (κ3) is 6.40. The van der Waals surface area contributed by atoms with Gasteiger partial charge in [-0.2, -0.15) is 0 Å². The molecule has 0 bridgehead atoms. The largest absolute Gasteiger partial charge is 0.430 e. The van der Waals surface area contributed by atoms with Crippen molar-refractivity contribution in [3.63, 3.8) is 0 Å². The monoisotopic (exact) mass is 368 g/mol. The van der Waals surface area contributed by atoms with Crippen LogP contribution in [0.1, 0.15) is 5.56 Å². The van der Waals surface area contributed by atoms with Gasteiger partial charge < -0.3 is 7.80 Å². The molecule has 3 heteroatoms. The van der Waals surface area contributed by atoms with E-state index in [2.05, 4.69) is 13.2 Å². The van der Waals surface area contributed by atoms with Crippen LogP contribution in [0.15, 0.2) is 79.1 Å². The molecule has 19 heavy (non-hydrogen) atoms. The van der Waals surface area contributed by atoms with E-state index in [1.165, 1.54) is 0 Å². The highest BCUT2D eigenvalue weighted by molar-refractivity contribution is 14.1. The van der Waals surface area contributed by atoms with Crippen LogP contribution in [-0.2, 0) is 14.4 Å². The standard InChI is InChI=1S/C16H17IO2/c1-3-8-14(4-2)11-16(19-17)13-18-12-15-9-6-5-7-10-15/h3-11H,1-2,12-13H2/b14-8+,16-11+. The summed E-state index contributed by atoms with van der Waals surface area (Å²) in [6.07, 6.45) is 7.20. The first kappa shape index (κ1) is 15.7. The third-order valence-corrected chi connectivity index (χ3v) is 2.89. The van der Waals surface area contributed by atoms with Crippen molar-refractivity contribution in [3.05, 3.63) is 84.7 Å². The van der Waals surface area contributed by atoms with E-state index in [9.17, 15) is 0 Å². The Bertz CT molecular complexity index is 461. The molecule has 0 amide bonds. The van der Waals surface area contributed by atoms with Gasteiger partial charge in [0.1, 0.15) is 12.4 Å². The number of rotatable bonds is 8. The van der Waals surface area contributed by atoms with E-state index in [4.69, 9.17) is 7.80 Å². The summed E-state index contributed by atoms with van der Waals surface area (Å²) < 4.78 is 10.9. The fourth-order valence-corrected chi connectivity index (χ4v) is 1.68. The maximum absolute atomic E-state index is 5.61. The van der Waals surface area contributed by atoms with Gasteiger partial charge in [0.2, 0.25) is 0 Å². The maximum atomic E-state index is 5.61. The zero-order valence-corrected chi connectivity index (χ0v) is 12.9. The molecule has 2 nitrogen and oxygen atoms in total. The first-order valence-corrected chi connectivity index (χ1v) is 6.74. The van der Waals surface area contributed by atoms with Crippen LogP contribution in [0.25, 0.3) is 0 Å². The number of hydrogen-bond donors (Lipinski definition) is 0. The first-order valence-electron chi connectivity index (χ1n) is 5.86. The van der Waals surface area contributed by atoms with Crippen molar-refractivity contribution in [2.24, 2.45) is 0 Å². The Morgan fingerprint density at radius 1 is 1.21 bits per heavy atom. The summed E-state index contributed by atoms with van der Waals surface area (Å²) in [6.45, 7) is 8.37. The van der Waals surface area contributed by atoms with Gasteiger partial charge in [0.25, 0.3) is 0 Å². The van der Waals surface area contributed by atoms with E-state index in [1.54, 1.807) is 12.2 Å². The molecular formula is C16H17IO2. The van der Waals surface area contributed by atoms with Gasteiger partial charge in [-0.15, -0.1) is 0 Å². The van der Waals surface area contributed by atoms with Gasteiger partial charge in [0, 0.05) is 0 Å². The summed E-state index contributed by atoms with van der Waals surface area (Å²) >= 11 is 1.85. The molecule has 0 saturated carbocycles. The second kappa shape index (κ2) is 9.58. The minimum absolute atomic E-state index is 0.417. The van der Waals surface area contributed by atoms with Crippen LogP contribution in [0.4, 0.5) is 0 Å². The Morgan fingerprint density at radius 2 is 1.95 bits per heavy atom. The van der Waals surface area contributed by atoms with Crippen LogP contribution in [0.3, 0.4) is 0 Å². The second-order valence-electron chi connectivity index (χ2n) is 3.77. The molecule has 0 aliphatic heterocycles. The SMILES string of the molecule is C=C/C=C(C=C)/C=C(\COCc1ccccc1)OI. The highest BCUT2D eigenvalue weighted by atomic mass is 127. The Hall–Kier alpha value is -1.33. The van der Waals surface area contributed by atoms with Gasteiger partial charge in [0.05, 0.1) is 6.61 Å². The van der Waals surface area contributed by atoms with Crippen LogP contribution in [0.2, 0.25) is 0 Å². The Kier molecular flexibility index (Phi) is 7.93. The Balaban J connectivity index is 2.53. The fourth-order valence-electron chi connectivity index (χ4n) is 1.43. The van der Waals surface area contributed by atoms with Crippen molar-refractivity contribution < 1.29 is 7.80 Å². The molecule has 0 radical (unpaired) electrons. The van der Waals surface area contributed by atoms with E-state index in [1.807, 2.05) is 65.5 Å². The summed E-state index contributed by atoms with van der Waals surface area (Å²) in [5.41, 5.74) is 2.07. The summed E-state index contributed by atoms with van der Waals surface area (Å²) in [5, 5.41) is 0. The average molecular weight is 368 g/mol. The molecule has 0 aliphatic rings. The molecule has 0 aromatic heterocycles. The molecule has 0 N–H and O–H groups in total. The molecule has 0 heterocycles. The maximum Gasteiger partial charge on any atom is 0.192 e. The van der Waals surface area contributed by atoms with Crippen LogP contribution in [-0.4, -0.2) is 6.61 Å². The predicted molar refractivity (Wildman–Crippen MR) is 87.8 cm³/mol. The molecule has 0 aliphatic carbocycles. The molecule has 1 rings (SSSR count). The average Bonchev–Trinajstić information content (AvgIpc) is 2.46. The van der Waals surface area contributed by atoms with Crippen LogP contribution in [0.5, 0.6) is 0 Å². The van der Waals surface area contributed by atoms with E-state index >= 15 is 0 Å². The minimum Gasteiger partial charge on any atom is -0.430 e. The molecule has 100 valence electrons. The number of allylic oxidation sites excluding steroid dienone is 5. The zero-order valence-electron chi connectivity index (χ0n) is 10.7. The topological polar surface area (TPSA) is 18.5 Å². The van der Waals surface area contributed by atoms with Crippen molar-refractivity contribution in [1.29, 1.82) is 0 Å². The van der Waals surface area contributed by atoms with E-state index in [0.717, 1.165) is 16.9 Å². The number of halogens is 1. The molecule has 0 atom stereocenters. The smallest absolute Gasteiger partial charge is 0.192 e. The molecule has 0 spiro atoms. The lowest BCUT2D eigenvalue weighted by Gasteiger charge is -2.06. The number of ether oxygens (including phenoxy) is 1. The van der Waals surface area contributed by atoms with Crippen molar-refractivity contribution in [3.8, 4) is 0 Å². The molecule has 1 aromatic rings. The van der Waals surface area contributed by atoms with E-state index < -0.39 is 0 Å². The molecule has 0 saturated heterocycles. The molecule has 0 unspecified atom stereocenters. The second-order valence-corrected chi connectivity index (χ2v) is 4.21. The lowest BCUT2D eigenvalue weighted by Crippen LogP contribution is -1.99. The van der Waals surface area contributed by atoms with Crippen LogP contribution in [0, 0.1) is 0 Å². The fraction of sp³-hybridized carbons (Fsp3) is 0.125. The van der Waals surface area contributed by atoms with Gasteiger partial charge >= 0.3 is 0 Å². The van der Waals surface area contributed by atoms with Gasteiger partial charge in [-0.3, -0.25) is 0 Å². The first-order chi connectivity index (χ1) is 9.30. The van der Waals surface area contributed by atoms with Crippen LogP contribution < -0.4 is 0 Å². The summed E-state index contributed by atoms with van der Waals surface area (Å²) in [7, 11) is 0. The van der Waals surface area contributed by atoms with Gasteiger partial charge in [-0.25, -0.2) is 0 Å². The van der Waals surface area contributed by atoms with E-state index in [-0.39, 0.29) is 0 Å². The number of benzene rings is 1. The van der Waals surface area contributed by atoms with Crippen molar-refractivity contribution >= 4 is 23.0 Å². The van der Waals surface area contributed by atoms with Crippen molar-refractivity contribution in [2.75, 3.05) is 6.61 Å². The summed E-state index contributed by atoms with van der Waals surface area (Å²) in [4.78, 5) is 0. The highest BCUT2D eigenvalue weighted by Crippen LogP contribution is 2.11. The van der Waals surface area contributed by atoms with Crippen molar-refractivity contribution in [2.45, 2.75) is 6.61 Å².